The number of phenolic OH excluding ortho intramolecular Hbond substituents is 1. The summed E-state index contributed by atoms with van der Waals surface area (Å²) in [6.45, 7) is 4.87. The molecule has 7 heteroatoms. The van der Waals surface area contributed by atoms with Gasteiger partial charge in [-0.1, -0.05) is 12.1 Å². The summed E-state index contributed by atoms with van der Waals surface area (Å²) in [5, 5.41) is 12.0. The molecule has 2 N–H and O–H groups in total. The molecule has 1 aromatic rings. The Labute approximate surface area is 129 Å². The smallest absolute Gasteiger partial charge is 0.413 e. The van der Waals surface area contributed by atoms with E-state index in [1.54, 1.807) is 19.1 Å². The van der Waals surface area contributed by atoms with Gasteiger partial charge < -0.3 is 14.7 Å². The highest BCUT2D eigenvalue weighted by molar-refractivity contribution is 5.92. The van der Waals surface area contributed by atoms with E-state index in [-0.39, 0.29) is 24.8 Å². The van der Waals surface area contributed by atoms with Gasteiger partial charge in [0.15, 0.2) is 0 Å². The predicted molar refractivity (Wildman–Crippen MR) is 81.9 cm³/mol. The van der Waals surface area contributed by atoms with Gasteiger partial charge in [-0.15, -0.1) is 0 Å². The number of rotatable bonds is 4. The Morgan fingerprint density at radius 2 is 1.91 bits per heavy atom. The Kier molecular flexibility index (Phi) is 5.60. The zero-order valence-corrected chi connectivity index (χ0v) is 12.6. The minimum Gasteiger partial charge on any atom is -0.506 e. The molecule has 0 aromatic heterocycles. The number of ether oxygens (including phenoxy) is 1. The number of benzene rings is 1. The lowest BCUT2D eigenvalue weighted by molar-refractivity contribution is -0.121. The van der Waals surface area contributed by atoms with E-state index in [9.17, 15) is 14.7 Å². The highest BCUT2D eigenvalue weighted by Crippen LogP contribution is 2.26. The fraction of sp³-hybridized carbons (Fsp3) is 0.467. The summed E-state index contributed by atoms with van der Waals surface area (Å²) in [6, 6.07) is 7.20. The van der Waals surface area contributed by atoms with Crippen molar-refractivity contribution in [3.8, 4) is 5.75 Å². The van der Waals surface area contributed by atoms with Crippen LogP contribution in [0.2, 0.25) is 0 Å². The van der Waals surface area contributed by atoms with E-state index in [0.29, 0.717) is 26.2 Å². The lowest BCUT2D eigenvalue weighted by Crippen LogP contribution is -2.50. The molecule has 7 nitrogen and oxygen atoms in total. The number of aromatic hydroxyl groups is 1. The van der Waals surface area contributed by atoms with Crippen molar-refractivity contribution >= 4 is 17.7 Å². The number of para-hydroxylation sites is 2. The third kappa shape index (κ3) is 4.36. The van der Waals surface area contributed by atoms with Gasteiger partial charge in [-0.2, -0.15) is 0 Å². The molecular formula is C15H21N3O4. The third-order valence-corrected chi connectivity index (χ3v) is 3.48. The van der Waals surface area contributed by atoms with E-state index >= 15 is 0 Å². The van der Waals surface area contributed by atoms with Crippen molar-refractivity contribution in [1.29, 1.82) is 0 Å². The minimum atomic E-state index is -0.708. The van der Waals surface area contributed by atoms with E-state index in [4.69, 9.17) is 0 Å². The minimum absolute atomic E-state index is 0.160. The molecule has 22 heavy (non-hydrogen) atoms. The Morgan fingerprint density at radius 1 is 1.23 bits per heavy atom. The second-order valence-electron chi connectivity index (χ2n) is 5.02. The van der Waals surface area contributed by atoms with Gasteiger partial charge in [-0.3, -0.25) is 15.0 Å². The number of alkyl carbamates (subject to hydrolysis) is 1. The third-order valence-electron chi connectivity index (χ3n) is 3.48. The molecule has 0 aliphatic carbocycles. The van der Waals surface area contributed by atoms with Gasteiger partial charge in [-0.05, 0) is 19.1 Å². The van der Waals surface area contributed by atoms with Crippen LogP contribution in [0.1, 0.15) is 6.92 Å². The largest absolute Gasteiger partial charge is 0.506 e. The molecule has 0 unspecified atom stereocenters. The van der Waals surface area contributed by atoms with Crippen LogP contribution in [0.15, 0.2) is 24.3 Å². The molecule has 2 rings (SSSR count). The number of hydrogen-bond donors (Lipinski definition) is 2. The number of anilines is 1. The molecule has 1 fully saturated rings. The van der Waals surface area contributed by atoms with E-state index in [1.807, 2.05) is 17.0 Å². The van der Waals surface area contributed by atoms with Crippen LogP contribution in [0.3, 0.4) is 0 Å². The normalized spacial score (nSPS) is 15.4. The zero-order chi connectivity index (χ0) is 15.9. The predicted octanol–water partition coefficient (Wildman–Crippen LogP) is 0.787. The first kappa shape index (κ1) is 16.1. The molecule has 0 atom stereocenters. The van der Waals surface area contributed by atoms with E-state index in [1.165, 1.54) is 0 Å². The first-order valence-electron chi connectivity index (χ1n) is 7.32. The number of phenols is 1. The molecule has 1 aromatic carbocycles. The molecule has 1 heterocycles. The van der Waals surface area contributed by atoms with Gasteiger partial charge >= 0.3 is 6.09 Å². The van der Waals surface area contributed by atoms with Crippen LogP contribution in [0, 0.1) is 0 Å². The summed E-state index contributed by atoms with van der Waals surface area (Å²) in [6.07, 6.45) is -0.708. The average molecular weight is 307 g/mol. The summed E-state index contributed by atoms with van der Waals surface area (Å²) < 4.78 is 4.66. The maximum atomic E-state index is 11.7. The van der Waals surface area contributed by atoms with Crippen LogP contribution in [-0.4, -0.2) is 61.3 Å². The lowest BCUT2D eigenvalue weighted by atomic mass is 10.2. The molecular weight excluding hydrogens is 286 g/mol. The maximum Gasteiger partial charge on any atom is 0.413 e. The first-order valence-corrected chi connectivity index (χ1v) is 7.32. The van der Waals surface area contributed by atoms with Crippen molar-refractivity contribution in [3.05, 3.63) is 24.3 Å². The molecule has 1 aliphatic rings. The molecule has 1 aliphatic heterocycles. The quantitative estimate of drug-likeness (QED) is 0.856. The first-order chi connectivity index (χ1) is 10.6. The van der Waals surface area contributed by atoms with Gasteiger partial charge in [0.05, 0.1) is 18.8 Å². The second kappa shape index (κ2) is 7.65. The van der Waals surface area contributed by atoms with Crippen molar-refractivity contribution in [3.63, 3.8) is 0 Å². The van der Waals surface area contributed by atoms with E-state index < -0.39 is 6.09 Å². The number of carbonyl (C=O) groups excluding carboxylic acids is 2. The van der Waals surface area contributed by atoms with Gasteiger partial charge in [0, 0.05) is 26.2 Å². The zero-order valence-electron chi connectivity index (χ0n) is 12.6. The molecule has 120 valence electrons. The summed E-state index contributed by atoms with van der Waals surface area (Å²) in [5.41, 5.74) is 0.804. The second-order valence-corrected chi connectivity index (χ2v) is 5.02. The number of nitrogens with zero attached hydrogens (tertiary/aromatic N) is 2. The summed E-state index contributed by atoms with van der Waals surface area (Å²) in [4.78, 5) is 26.9. The number of nitrogens with one attached hydrogen (secondary N) is 1. The summed E-state index contributed by atoms with van der Waals surface area (Å²) in [7, 11) is 0. The number of amides is 2. The van der Waals surface area contributed by atoms with Crippen molar-refractivity contribution in [2.45, 2.75) is 6.92 Å². The molecule has 0 saturated carbocycles. The van der Waals surface area contributed by atoms with Gasteiger partial charge in [0.25, 0.3) is 0 Å². The van der Waals surface area contributed by atoms with Crippen molar-refractivity contribution in [2.24, 2.45) is 0 Å². The van der Waals surface area contributed by atoms with Crippen LogP contribution in [-0.2, 0) is 9.53 Å². The van der Waals surface area contributed by atoms with Crippen molar-refractivity contribution < 1.29 is 19.4 Å². The summed E-state index contributed by atoms with van der Waals surface area (Å²) >= 11 is 0. The Hall–Kier alpha value is -2.28. The van der Waals surface area contributed by atoms with Crippen molar-refractivity contribution in [1.82, 2.24) is 10.2 Å². The highest BCUT2D eigenvalue weighted by Gasteiger charge is 2.21. The van der Waals surface area contributed by atoms with Gasteiger partial charge in [-0.25, -0.2) is 4.79 Å². The lowest BCUT2D eigenvalue weighted by Gasteiger charge is -2.35. The Bertz CT molecular complexity index is 527. The molecule has 0 radical (unpaired) electrons. The molecule has 1 saturated heterocycles. The van der Waals surface area contributed by atoms with Crippen LogP contribution in [0.4, 0.5) is 10.5 Å². The van der Waals surface area contributed by atoms with Crippen LogP contribution in [0.25, 0.3) is 0 Å². The summed E-state index contributed by atoms with van der Waals surface area (Å²) in [5.74, 6) is -0.106. The van der Waals surface area contributed by atoms with Gasteiger partial charge in [0.1, 0.15) is 5.75 Å². The molecule has 0 bridgehead atoms. The average Bonchev–Trinajstić information content (AvgIpc) is 2.49. The maximum absolute atomic E-state index is 11.7. The van der Waals surface area contributed by atoms with Crippen molar-refractivity contribution in [2.75, 3.05) is 44.2 Å². The monoisotopic (exact) mass is 307 g/mol. The standard InChI is InChI=1S/C15H21N3O4/c1-2-22-15(21)16-14(20)11-17-7-9-18(10-8-17)12-5-3-4-6-13(12)19/h3-6,19H,2,7-11H2,1H3,(H,16,20,21). The topological polar surface area (TPSA) is 82.1 Å². The van der Waals surface area contributed by atoms with Crippen LogP contribution < -0.4 is 10.2 Å². The fourth-order valence-corrected chi connectivity index (χ4v) is 2.40. The van der Waals surface area contributed by atoms with Crippen LogP contribution >= 0.6 is 0 Å². The Balaban J connectivity index is 1.79. The molecule has 2 amide bonds. The number of imide groups is 1. The van der Waals surface area contributed by atoms with Gasteiger partial charge in [0.2, 0.25) is 5.91 Å². The fourth-order valence-electron chi connectivity index (χ4n) is 2.40. The van der Waals surface area contributed by atoms with E-state index in [2.05, 4.69) is 15.0 Å². The Morgan fingerprint density at radius 3 is 2.55 bits per heavy atom. The number of hydrogen-bond acceptors (Lipinski definition) is 6. The number of carbonyl (C=O) groups is 2. The van der Waals surface area contributed by atoms with Crippen LogP contribution in [0.5, 0.6) is 5.75 Å². The number of piperazine rings is 1. The van der Waals surface area contributed by atoms with E-state index in [0.717, 1.165) is 5.69 Å². The highest BCUT2D eigenvalue weighted by atomic mass is 16.5. The molecule has 0 spiro atoms. The SMILES string of the molecule is CCOC(=O)NC(=O)CN1CCN(c2ccccc2O)CC1.